The van der Waals surface area contributed by atoms with Gasteiger partial charge in [0.05, 0.1) is 16.5 Å². The second-order valence-electron chi connectivity index (χ2n) is 4.71. The monoisotopic (exact) mass is 380 g/mol. The van der Waals surface area contributed by atoms with Gasteiger partial charge in [0.1, 0.15) is 10.8 Å². The Kier molecular flexibility index (Phi) is 5.34. The molecule has 2 aromatic carbocycles. The summed E-state index contributed by atoms with van der Waals surface area (Å²) in [4.78, 5) is 12.1. The average molecular weight is 381 g/mol. The highest BCUT2D eigenvalue weighted by Gasteiger charge is 2.19. The molecule has 0 aliphatic carbocycles. The number of amides is 1. The molecule has 0 radical (unpaired) electrons. The van der Waals surface area contributed by atoms with Crippen LogP contribution in [0.15, 0.2) is 53.7 Å². The van der Waals surface area contributed by atoms with E-state index in [1.807, 2.05) is 30.3 Å². The molecule has 3 rings (SSSR count). The topological polar surface area (TPSA) is 74.5 Å². The van der Waals surface area contributed by atoms with Gasteiger partial charge in [-0.3, -0.25) is 4.79 Å². The van der Waals surface area contributed by atoms with Crippen molar-refractivity contribution in [1.82, 2.24) is 15.5 Å². The molecule has 1 aromatic heterocycles. The van der Waals surface area contributed by atoms with Gasteiger partial charge in [0, 0.05) is 5.02 Å². The van der Waals surface area contributed by atoms with Gasteiger partial charge in [-0.25, -0.2) is 0 Å². The van der Waals surface area contributed by atoms with Crippen LogP contribution in [0.4, 0.5) is 5.69 Å². The summed E-state index contributed by atoms with van der Waals surface area (Å²) in [6.07, 6.45) is 0. The number of nitrogens with one attached hydrogen (secondary N) is 2. The molecule has 24 heavy (non-hydrogen) atoms. The molecule has 0 atom stereocenters. The fourth-order valence-corrected chi connectivity index (χ4v) is 2.99. The van der Waals surface area contributed by atoms with Gasteiger partial charge < -0.3 is 5.32 Å². The molecular formula is C15H12Cl2N5OS+. The van der Waals surface area contributed by atoms with E-state index < -0.39 is 0 Å². The Hall–Kier alpha value is -2.09. The number of benzene rings is 2. The molecule has 6 nitrogen and oxygen atoms in total. The van der Waals surface area contributed by atoms with E-state index in [2.05, 4.69) is 20.8 Å². The molecule has 2 N–H and O–H groups in total. The van der Waals surface area contributed by atoms with Gasteiger partial charge in [-0.1, -0.05) is 46.6 Å². The predicted molar refractivity (Wildman–Crippen MR) is 93.7 cm³/mol. The van der Waals surface area contributed by atoms with E-state index in [-0.39, 0.29) is 11.7 Å². The van der Waals surface area contributed by atoms with Gasteiger partial charge in [0.25, 0.3) is 0 Å². The summed E-state index contributed by atoms with van der Waals surface area (Å²) in [6.45, 7) is 0. The number of hydrogen-bond acceptors (Lipinski definition) is 4. The predicted octanol–water partition coefficient (Wildman–Crippen LogP) is 3.12. The Labute approximate surface area is 152 Å². The van der Waals surface area contributed by atoms with Gasteiger partial charge in [-0.2, -0.15) is 0 Å². The lowest BCUT2D eigenvalue weighted by molar-refractivity contribution is -0.697. The Morgan fingerprint density at radius 2 is 2.00 bits per heavy atom. The van der Waals surface area contributed by atoms with Crippen molar-refractivity contribution in [2.75, 3.05) is 11.1 Å². The molecule has 0 fully saturated rings. The Morgan fingerprint density at radius 3 is 2.79 bits per heavy atom. The molecule has 0 saturated heterocycles. The van der Waals surface area contributed by atoms with E-state index in [4.69, 9.17) is 23.2 Å². The van der Waals surface area contributed by atoms with Crippen LogP contribution in [-0.2, 0) is 4.79 Å². The molecule has 0 aliphatic rings. The number of nitrogens with zero attached hydrogens (tertiary/aromatic N) is 3. The van der Waals surface area contributed by atoms with Crippen molar-refractivity contribution in [3.8, 4) is 5.69 Å². The largest absolute Gasteiger partial charge is 0.365 e. The van der Waals surface area contributed by atoms with Crippen LogP contribution in [-0.4, -0.2) is 27.2 Å². The van der Waals surface area contributed by atoms with E-state index >= 15 is 0 Å². The van der Waals surface area contributed by atoms with Gasteiger partial charge in [0.15, 0.2) is 5.21 Å². The third-order valence-corrected chi connectivity index (χ3v) is 4.51. The minimum Gasteiger partial charge on any atom is -0.324 e. The van der Waals surface area contributed by atoms with Crippen molar-refractivity contribution in [2.45, 2.75) is 5.16 Å². The summed E-state index contributed by atoms with van der Waals surface area (Å²) in [6, 6.07) is 14.5. The van der Waals surface area contributed by atoms with Crippen LogP contribution in [0.1, 0.15) is 0 Å². The van der Waals surface area contributed by atoms with Crippen LogP contribution in [0.5, 0.6) is 0 Å². The zero-order valence-electron chi connectivity index (χ0n) is 12.2. The van der Waals surface area contributed by atoms with Crippen molar-refractivity contribution in [3.63, 3.8) is 0 Å². The molecule has 0 aliphatic heterocycles. The Bertz CT molecular complexity index is 856. The maximum absolute atomic E-state index is 12.1. The fourth-order valence-electron chi connectivity index (χ4n) is 1.95. The molecule has 1 heterocycles. The number of carbonyl (C=O) groups excluding carboxylic acids is 1. The van der Waals surface area contributed by atoms with E-state index in [1.165, 1.54) is 11.8 Å². The minimum atomic E-state index is -0.216. The van der Waals surface area contributed by atoms with Crippen molar-refractivity contribution in [2.24, 2.45) is 0 Å². The van der Waals surface area contributed by atoms with E-state index in [1.54, 1.807) is 22.9 Å². The number of rotatable bonds is 5. The summed E-state index contributed by atoms with van der Waals surface area (Å²) >= 11 is 13.2. The van der Waals surface area contributed by atoms with Gasteiger partial charge in [-0.15, -0.1) is 4.68 Å². The first kappa shape index (κ1) is 16.8. The summed E-state index contributed by atoms with van der Waals surface area (Å²) in [5, 5.41) is 14.8. The minimum absolute atomic E-state index is 0.155. The summed E-state index contributed by atoms with van der Waals surface area (Å²) in [5.74, 6) is -0.0610. The highest BCUT2D eigenvalue weighted by molar-refractivity contribution is 7.99. The quantitative estimate of drug-likeness (QED) is 0.526. The third kappa shape index (κ3) is 4.05. The highest BCUT2D eigenvalue weighted by Crippen LogP contribution is 2.25. The number of halogens is 2. The molecule has 1 amide bonds. The van der Waals surface area contributed by atoms with E-state index in [0.717, 1.165) is 5.69 Å². The van der Waals surface area contributed by atoms with E-state index in [9.17, 15) is 4.79 Å². The number of hydrogen-bond donors (Lipinski definition) is 2. The highest BCUT2D eigenvalue weighted by atomic mass is 35.5. The molecule has 0 unspecified atom stereocenters. The van der Waals surface area contributed by atoms with Crippen molar-refractivity contribution in [1.29, 1.82) is 0 Å². The van der Waals surface area contributed by atoms with Crippen molar-refractivity contribution >= 4 is 46.6 Å². The Morgan fingerprint density at radius 1 is 1.21 bits per heavy atom. The maximum atomic E-state index is 12.1. The lowest BCUT2D eigenvalue weighted by Gasteiger charge is -2.06. The number of carbonyl (C=O) groups is 1. The summed E-state index contributed by atoms with van der Waals surface area (Å²) in [5.41, 5.74) is 1.36. The molecule has 0 saturated carbocycles. The third-order valence-electron chi connectivity index (χ3n) is 3.02. The van der Waals surface area contributed by atoms with Crippen molar-refractivity contribution in [3.05, 3.63) is 58.6 Å². The van der Waals surface area contributed by atoms with Gasteiger partial charge in [-0.05, 0) is 42.1 Å². The first-order chi connectivity index (χ1) is 11.6. The number of anilines is 1. The zero-order chi connectivity index (χ0) is 16.9. The van der Waals surface area contributed by atoms with Crippen LogP contribution in [0.3, 0.4) is 0 Å². The van der Waals surface area contributed by atoms with Gasteiger partial charge in [0.2, 0.25) is 5.91 Å². The smallest absolute Gasteiger partial charge is 0.324 e. The van der Waals surface area contributed by atoms with Crippen LogP contribution < -0.4 is 10.00 Å². The fraction of sp³-hybridized carbons (Fsp3) is 0.0667. The number of aromatic amines is 1. The number of thioether (sulfide) groups is 1. The lowest BCUT2D eigenvalue weighted by atomic mass is 10.3. The van der Waals surface area contributed by atoms with Crippen LogP contribution in [0.2, 0.25) is 10.0 Å². The molecule has 0 spiro atoms. The second-order valence-corrected chi connectivity index (χ2v) is 6.50. The molecule has 3 aromatic rings. The average Bonchev–Trinajstić information content (AvgIpc) is 3.06. The van der Waals surface area contributed by atoms with Crippen LogP contribution in [0.25, 0.3) is 5.69 Å². The number of para-hydroxylation sites is 1. The number of H-pyrrole nitrogens is 1. The molecule has 122 valence electrons. The molecular weight excluding hydrogens is 369 g/mol. The van der Waals surface area contributed by atoms with Crippen LogP contribution >= 0.6 is 35.0 Å². The normalized spacial score (nSPS) is 10.6. The second kappa shape index (κ2) is 7.65. The number of tetrazole rings is 1. The summed E-state index contributed by atoms with van der Waals surface area (Å²) < 4.78 is 1.70. The maximum Gasteiger partial charge on any atom is 0.365 e. The Balaban J connectivity index is 1.65. The van der Waals surface area contributed by atoms with Crippen molar-refractivity contribution < 1.29 is 9.48 Å². The SMILES string of the molecule is O=C(CSc1nn[nH][n+]1-c1ccccc1)Nc1cc(Cl)ccc1Cl. The zero-order valence-corrected chi connectivity index (χ0v) is 14.6. The summed E-state index contributed by atoms with van der Waals surface area (Å²) in [7, 11) is 0. The van der Waals surface area contributed by atoms with Crippen LogP contribution in [0, 0.1) is 0 Å². The lowest BCUT2D eigenvalue weighted by Crippen LogP contribution is -2.35. The first-order valence-corrected chi connectivity index (χ1v) is 8.64. The number of aromatic nitrogens is 4. The van der Waals surface area contributed by atoms with Gasteiger partial charge >= 0.3 is 5.16 Å². The molecule has 0 bridgehead atoms. The standard InChI is InChI=1S/C15H11Cl2N5OS/c16-10-6-7-12(17)13(8-10)18-14(23)9-24-15-19-20-21-22(15)11-4-2-1-3-5-11/h1-8H,9H2,(H,18,23)/p+1. The first-order valence-electron chi connectivity index (χ1n) is 6.90. The molecule has 9 heteroatoms. The van der Waals surface area contributed by atoms with E-state index in [0.29, 0.717) is 20.9 Å².